The molecule has 21 heavy (non-hydrogen) atoms. The molecule has 1 fully saturated rings. The average molecular weight is 365 g/mol. The Kier molecular flexibility index (Phi) is 4.35. The van der Waals surface area contributed by atoms with Gasteiger partial charge in [-0.25, -0.2) is 0 Å². The van der Waals surface area contributed by atoms with Crippen LogP contribution in [0.1, 0.15) is 29.8 Å². The molecule has 0 aromatic heterocycles. The van der Waals surface area contributed by atoms with Gasteiger partial charge < -0.3 is 10.2 Å². The number of alkyl halides is 3. The molecule has 1 aliphatic rings. The Hall–Kier alpha value is -1.08. The summed E-state index contributed by atoms with van der Waals surface area (Å²) >= 11 is 3.02. The number of halogens is 4. The van der Waals surface area contributed by atoms with Crippen molar-refractivity contribution in [2.75, 3.05) is 19.6 Å². The topological polar surface area (TPSA) is 32.3 Å². The Balaban J connectivity index is 2.35. The van der Waals surface area contributed by atoms with Crippen molar-refractivity contribution in [2.45, 2.75) is 25.6 Å². The van der Waals surface area contributed by atoms with E-state index in [0.717, 1.165) is 6.07 Å². The molecule has 7 heteroatoms. The molecule has 2 rings (SSSR count). The van der Waals surface area contributed by atoms with Crippen molar-refractivity contribution in [1.82, 2.24) is 10.2 Å². The van der Waals surface area contributed by atoms with Gasteiger partial charge in [0.2, 0.25) is 0 Å². The number of carbonyl (C=O) groups is 1. The molecular formula is C14H16BrF3N2O. The molecule has 1 aromatic rings. The zero-order valence-electron chi connectivity index (χ0n) is 11.7. The summed E-state index contributed by atoms with van der Waals surface area (Å²) in [5.41, 5.74) is -1.51. The fourth-order valence-electron chi connectivity index (χ4n) is 2.42. The van der Waals surface area contributed by atoms with E-state index in [0.29, 0.717) is 24.1 Å². The Morgan fingerprint density at radius 2 is 2.05 bits per heavy atom. The smallest absolute Gasteiger partial charge is 0.336 e. The first-order valence-corrected chi connectivity index (χ1v) is 7.30. The number of benzene rings is 1. The van der Waals surface area contributed by atoms with Crippen LogP contribution in [0.15, 0.2) is 22.7 Å². The van der Waals surface area contributed by atoms with E-state index in [-0.39, 0.29) is 11.1 Å². The lowest BCUT2D eigenvalue weighted by molar-refractivity contribution is -0.138. The van der Waals surface area contributed by atoms with Gasteiger partial charge in [-0.15, -0.1) is 0 Å². The summed E-state index contributed by atoms with van der Waals surface area (Å²) in [5, 5.41) is 3.23. The van der Waals surface area contributed by atoms with Gasteiger partial charge in [0.1, 0.15) is 0 Å². The first-order valence-electron chi connectivity index (χ1n) is 6.51. The third kappa shape index (κ3) is 3.77. The molecule has 1 saturated heterocycles. The second-order valence-corrected chi connectivity index (χ2v) is 6.64. The average Bonchev–Trinajstić information content (AvgIpc) is 2.35. The normalized spacial score (nSPS) is 18.7. The van der Waals surface area contributed by atoms with Crippen LogP contribution < -0.4 is 5.32 Å². The number of hydrogen-bond acceptors (Lipinski definition) is 2. The van der Waals surface area contributed by atoms with Crippen molar-refractivity contribution in [3.63, 3.8) is 0 Å². The molecule has 116 valence electrons. The summed E-state index contributed by atoms with van der Waals surface area (Å²) in [6.07, 6.45) is -4.56. The molecule has 1 N–H and O–H groups in total. The van der Waals surface area contributed by atoms with Crippen molar-refractivity contribution in [2.24, 2.45) is 0 Å². The van der Waals surface area contributed by atoms with Gasteiger partial charge in [-0.2, -0.15) is 13.2 Å². The fourth-order valence-corrected chi connectivity index (χ4v) is 2.78. The monoisotopic (exact) mass is 364 g/mol. The molecule has 0 unspecified atom stereocenters. The summed E-state index contributed by atoms with van der Waals surface area (Å²) < 4.78 is 39.6. The number of hydrogen-bond donors (Lipinski definition) is 1. The Morgan fingerprint density at radius 1 is 1.38 bits per heavy atom. The van der Waals surface area contributed by atoms with Crippen molar-refractivity contribution in [3.8, 4) is 0 Å². The number of nitrogens with one attached hydrogen (secondary N) is 1. The van der Waals surface area contributed by atoms with Crippen LogP contribution in [0.25, 0.3) is 0 Å². The van der Waals surface area contributed by atoms with Crippen LogP contribution in [0.2, 0.25) is 0 Å². The Morgan fingerprint density at radius 3 is 2.62 bits per heavy atom. The van der Waals surface area contributed by atoms with E-state index < -0.39 is 17.6 Å². The van der Waals surface area contributed by atoms with Crippen molar-refractivity contribution >= 4 is 21.8 Å². The van der Waals surface area contributed by atoms with Gasteiger partial charge in [-0.1, -0.05) is 15.9 Å². The van der Waals surface area contributed by atoms with Crippen LogP contribution in [-0.4, -0.2) is 36.0 Å². The molecule has 0 aliphatic carbocycles. The van der Waals surface area contributed by atoms with Gasteiger partial charge in [-0.05, 0) is 32.0 Å². The van der Waals surface area contributed by atoms with Gasteiger partial charge in [0.05, 0.1) is 11.1 Å². The van der Waals surface area contributed by atoms with Crippen LogP contribution in [0.3, 0.4) is 0 Å². The second kappa shape index (κ2) is 5.61. The van der Waals surface area contributed by atoms with Crippen LogP contribution in [0.4, 0.5) is 13.2 Å². The summed E-state index contributed by atoms with van der Waals surface area (Å²) in [6, 6.07) is 3.63. The van der Waals surface area contributed by atoms with E-state index in [4.69, 9.17) is 0 Å². The second-order valence-electron chi connectivity index (χ2n) is 5.73. The molecule has 3 nitrogen and oxygen atoms in total. The van der Waals surface area contributed by atoms with E-state index in [1.807, 2.05) is 13.8 Å². The van der Waals surface area contributed by atoms with Gasteiger partial charge in [0.25, 0.3) is 5.91 Å². The summed E-state index contributed by atoms with van der Waals surface area (Å²) in [4.78, 5) is 13.9. The first-order chi connectivity index (χ1) is 9.60. The lowest BCUT2D eigenvalue weighted by Gasteiger charge is -2.39. The number of rotatable bonds is 1. The molecule has 0 atom stereocenters. The van der Waals surface area contributed by atoms with Crippen LogP contribution in [0, 0.1) is 0 Å². The predicted molar refractivity (Wildman–Crippen MR) is 77.1 cm³/mol. The van der Waals surface area contributed by atoms with Crippen LogP contribution >= 0.6 is 15.9 Å². The number of carbonyl (C=O) groups excluding carboxylic acids is 1. The molecule has 1 heterocycles. The minimum absolute atomic E-state index is 0.298. The molecule has 1 amide bonds. The summed E-state index contributed by atoms with van der Waals surface area (Å²) in [5.74, 6) is -0.579. The molecule has 0 saturated carbocycles. The maximum Gasteiger partial charge on any atom is 0.417 e. The quantitative estimate of drug-likeness (QED) is 0.829. The molecule has 0 bridgehead atoms. The van der Waals surface area contributed by atoms with Gasteiger partial charge >= 0.3 is 6.18 Å². The van der Waals surface area contributed by atoms with E-state index in [2.05, 4.69) is 21.2 Å². The molecule has 0 spiro atoms. The van der Waals surface area contributed by atoms with Gasteiger partial charge in [0, 0.05) is 29.6 Å². The van der Waals surface area contributed by atoms with E-state index in [1.54, 1.807) is 0 Å². The number of amides is 1. The SMILES string of the molecule is CC1(C)CN(C(=O)c2ccc(Br)cc2C(F)(F)F)CCN1. The van der Waals surface area contributed by atoms with E-state index in [9.17, 15) is 18.0 Å². The van der Waals surface area contributed by atoms with Crippen LogP contribution in [-0.2, 0) is 6.18 Å². The van der Waals surface area contributed by atoms with Crippen LogP contribution in [0.5, 0.6) is 0 Å². The summed E-state index contributed by atoms with van der Waals surface area (Å²) in [7, 11) is 0. The first kappa shape index (κ1) is 16.3. The number of nitrogens with zero attached hydrogens (tertiary/aromatic N) is 1. The van der Waals surface area contributed by atoms with E-state index in [1.165, 1.54) is 17.0 Å². The van der Waals surface area contributed by atoms with Crippen molar-refractivity contribution < 1.29 is 18.0 Å². The largest absolute Gasteiger partial charge is 0.417 e. The zero-order valence-corrected chi connectivity index (χ0v) is 13.3. The van der Waals surface area contributed by atoms with Crippen molar-refractivity contribution in [1.29, 1.82) is 0 Å². The molecular weight excluding hydrogens is 349 g/mol. The standard InChI is InChI=1S/C14H16BrF3N2O/c1-13(2)8-20(6-5-19-13)12(21)10-4-3-9(15)7-11(10)14(16,17)18/h3-4,7,19H,5-6,8H2,1-2H3. The Bertz CT molecular complexity index is 558. The van der Waals surface area contributed by atoms with Crippen molar-refractivity contribution in [3.05, 3.63) is 33.8 Å². The molecule has 0 radical (unpaired) electrons. The highest BCUT2D eigenvalue weighted by molar-refractivity contribution is 9.10. The summed E-state index contributed by atoms with van der Waals surface area (Å²) in [6.45, 7) is 5.17. The maximum atomic E-state index is 13.1. The third-order valence-electron chi connectivity index (χ3n) is 3.38. The lowest BCUT2D eigenvalue weighted by Crippen LogP contribution is -2.58. The zero-order chi connectivity index (χ0) is 15.8. The fraction of sp³-hybridized carbons (Fsp3) is 0.500. The highest BCUT2D eigenvalue weighted by Gasteiger charge is 2.37. The lowest BCUT2D eigenvalue weighted by atomic mass is 10.00. The third-order valence-corrected chi connectivity index (χ3v) is 3.87. The number of piperazine rings is 1. The predicted octanol–water partition coefficient (Wildman–Crippen LogP) is 3.29. The minimum atomic E-state index is -4.56. The maximum absolute atomic E-state index is 13.1. The Labute approximate surface area is 129 Å². The molecule has 1 aromatic carbocycles. The highest BCUT2D eigenvalue weighted by atomic mass is 79.9. The van der Waals surface area contributed by atoms with Gasteiger partial charge in [0.15, 0.2) is 0 Å². The van der Waals surface area contributed by atoms with Gasteiger partial charge in [-0.3, -0.25) is 4.79 Å². The highest BCUT2D eigenvalue weighted by Crippen LogP contribution is 2.34. The molecule has 1 aliphatic heterocycles. The minimum Gasteiger partial charge on any atom is -0.336 e. The van der Waals surface area contributed by atoms with E-state index >= 15 is 0 Å².